The summed E-state index contributed by atoms with van der Waals surface area (Å²) in [4.78, 5) is 11.4. The van der Waals surface area contributed by atoms with Crippen molar-refractivity contribution in [2.24, 2.45) is 22.5 Å². The van der Waals surface area contributed by atoms with E-state index in [9.17, 15) is 4.79 Å². The van der Waals surface area contributed by atoms with Crippen LogP contribution < -0.4 is 11.1 Å². The Morgan fingerprint density at radius 1 is 1.31 bits per heavy atom. The predicted octanol–water partition coefficient (Wildman–Crippen LogP) is 0.760. The molecule has 4 heteroatoms. The van der Waals surface area contributed by atoms with Gasteiger partial charge in [0.15, 0.2) is 0 Å². The predicted molar refractivity (Wildman–Crippen MR) is 63.9 cm³/mol. The molecular formula is C12H24N2O2. The average molecular weight is 228 g/mol. The van der Waals surface area contributed by atoms with E-state index < -0.39 is 0 Å². The van der Waals surface area contributed by atoms with Crippen LogP contribution in [0.2, 0.25) is 0 Å². The number of rotatable bonds is 6. The third kappa shape index (κ3) is 2.55. The van der Waals surface area contributed by atoms with Gasteiger partial charge in [-0.1, -0.05) is 27.7 Å². The lowest BCUT2D eigenvalue weighted by atomic mass is 10.0. The molecule has 0 unspecified atom stereocenters. The first kappa shape index (κ1) is 13.5. The van der Waals surface area contributed by atoms with Gasteiger partial charge in [0, 0.05) is 13.1 Å². The molecule has 3 N–H and O–H groups in total. The summed E-state index contributed by atoms with van der Waals surface area (Å²) in [6.07, 6.45) is 0. The topological polar surface area (TPSA) is 64.3 Å². The normalized spacial score (nSPS) is 21.8. The van der Waals surface area contributed by atoms with Crippen LogP contribution in [0.3, 0.4) is 0 Å². The number of hydrogen-bond donors (Lipinski definition) is 2. The summed E-state index contributed by atoms with van der Waals surface area (Å²) in [5.41, 5.74) is 5.90. The summed E-state index contributed by atoms with van der Waals surface area (Å²) in [5.74, 6) is 0.505. The van der Waals surface area contributed by atoms with Crippen molar-refractivity contribution < 1.29 is 9.53 Å². The molecule has 0 spiro atoms. The van der Waals surface area contributed by atoms with Crippen molar-refractivity contribution in [3.63, 3.8) is 0 Å². The first-order valence-corrected chi connectivity index (χ1v) is 5.88. The van der Waals surface area contributed by atoms with Gasteiger partial charge >= 0.3 is 0 Å². The van der Waals surface area contributed by atoms with E-state index in [0.717, 1.165) is 6.54 Å². The molecule has 16 heavy (non-hydrogen) atoms. The summed E-state index contributed by atoms with van der Waals surface area (Å²) < 4.78 is 5.06. The minimum Gasteiger partial charge on any atom is -0.370 e. The molecule has 1 amide bonds. The van der Waals surface area contributed by atoms with Gasteiger partial charge in [0.25, 0.3) is 0 Å². The Morgan fingerprint density at radius 3 is 2.31 bits per heavy atom. The minimum atomic E-state index is -0.0491. The SMILES string of the molecule is CC1(C)C(CNC(=O)COCCN)C1(C)C. The van der Waals surface area contributed by atoms with Crippen LogP contribution in [-0.4, -0.2) is 32.2 Å². The Bertz CT molecular complexity index is 248. The Morgan fingerprint density at radius 2 is 1.88 bits per heavy atom. The highest BCUT2D eigenvalue weighted by Gasteiger charge is 2.64. The first-order valence-electron chi connectivity index (χ1n) is 5.88. The number of nitrogens with two attached hydrogens (primary N) is 1. The molecule has 0 aromatic carbocycles. The molecule has 0 aliphatic heterocycles. The zero-order valence-corrected chi connectivity index (χ0v) is 10.8. The van der Waals surface area contributed by atoms with Crippen molar-refractivity contribution in [3.8, 4) is 0 Å². The Labute approximate surface area is 97.9 Å². The second kappa shape index (κ2) is 4.72. The highest BCUT2D eigenvalue weighted by molar-refractivity contribution is 5.77. The molecule has 1 fully saturated rings. The molecule has 0 atom stereocenters. The lowest BCUT2D eigenvalue weighted by Crippen LogP contribution is -2.31. The van der Waals surface area contributed by atoms with Crippen LogP contribution in [0.4, 0.5) is 0 Å². The van der Waals surface area contributed by atoms with Gasteiger partial charge in [0.1, 0.15) is 6.61 Å². The van der Waals surface area contributed by atoms with E-state index in [4.69, 9.17) is 10.5 Å². The van der Waals surface area contributed by atoms with Gasteiger partial charge < -0.3 is 15.8 Å². The van der Waals surface area contributed by atoms with Gasteiger partial charge in [-0.25, -0.2) is 0 Å². The smallest absolute Gasteiger partial charge is 0.246 e. The van der Waals surface area contributed by atoms with Crippen molar-refractivity contribution in [2.45, 2.75) is 27.7 Å². The standard InChI is InChI=1S/C12H24N2O2/c1-11(2)9(12(11,3)4)7-14-10(15)8-16-6-5-13/h9H,5-8,13H2,1-4H3,(H,14,15). The molecule has 0 bridgehead atoms. The molecule has 0 saturated heterocycles. The Hall–Kier alpha value is -0.610. The minimum absolute atomic E-state index is 0.0491. The molecule has 0 aromatic heterocycles. The fourth-order valence-corrected chi connectivity index (χ4v) is 2.36. The third-order valence-electron chi connectivity index (χ3n) is 4.32. The van der Waals surface area contributed by atoms with Crippen LogP contribution in [0.25, 0.3) is 0 Å². The molecular weight excluding hydrogens is 204 g/mol. The number of carbonyl (C=O) groups is 1. The van der Waals surface area contributed by atoms with Crippen LogP contribution in [0, 0.1) is 16.7 Å². The largest absolute Gasteiger partial charge is 0.370 e. The van der Waals surface area contributed by atoms with Crippen LogP contribution in [-0.2, 0) is 9.53 Å². The molecule has 1 rings (SSSR count). The number of carbonyl (C=O) groups excluding carboxylic acids is 1. The Kier molecular flexibility index (Phi) is 3.97. The molecule has 94 valence electrons. The monoisotopic (exact) mass is 228 g/mol. The maximum Gasteiger partial charge on any atom is 0.246 e. The highest BCUT2D eigenvalue weighted by Crippen LogP contribution is 2.67. The molecule has 0 radical (unpaired) electrons. The van der Waals surface area contributed by atoms with Gasteiger partial charge in [0.05, 0.1) is 6.61 Å². The van der Waals surface area contributed by atoms with Gasteiger partial charge in [-0.05, 0) is 16.7 Å². The second-order valence-electron chi connectivity index (χ2n) is 5.64. The third-order valence-corrected chi connectivity index (χ3v) is 4.32. The van der Waals surface area contributed by atoms with Crippen molar-refractivity contribution >= 4 is 5.91 Å². The van der Waals surface area contributed by atoms with E-state index in [2.05, 4.69) is 33.0 Å². The maximum atomic E-state index is 11.4. The van der Waals surface area contributed by atoms with E-state index in [1.807, 2.05) is 0 Å². The van der Waals surface area contributed by atoms with Crippen LogP contribution >= 0.6 is 0 Å². The van der Waals surface area contributed by atoms with E-state index in [1.165, 1.54) is 0 Å². The first-order chi connectivity index (χ1) is 7.34. The van der Waals surface area contributed by atoms with Crippen molar-refractivity contribution in [2.75, 3.05) is 26.3 Å². The fraction of sp³-hybridized carbons (Fsp3) is 0.917. The quantitative estimate of drug-likeness (QED) is 0.660. The molecule has 1 aliphatic rings. The molecule has 1 aliphatic carbocycles. The van der Waals surface area contributed by atoms with Gasteiger partial charge in [-0.2, -0.15) is 0 Å². The highest BCUT2D eigenvalue weighted by atomic mass is 16.5. The molecule has 1 saturated carbocycles. The van der Waals surface area contributed by atoms with Crippen molar-refractivity contribution in [1.82, 2.24) is 5.32 Å². The van der Waals surface area contributed by atoms with E-state index in [1.54, 1.807) is 0 Å². The second-order valence-corrected chi connectivity index (χ2v) is 5.64. The molecule has 0 aromatic rings. The fourth-order valence-electron chi connectivity index (χ4n) is 2.36. The van der Waals surface area contributed by atoms with Crippen molar-refractivity contribution in [1.29, 1.82) is 0 Å². The summed E-state index contributed by atoms with van der Waals surface area (Å²) in [6.45, 7) is 10.7. The Balaban J connectivity index is 2.19. The zero-order chi connectivity index (χ0) is 12.4. The van der Waals surface area contributed by atoms with Crippen LogP contribution in [0.15, 0.2) is 0 Å². The van der Waals surface area contributed by atoms with Gasteiger partial charge in [-0.15, -0.1) is 0 Å². The van der Waals surface area contributed by atoms with Crippen LogP contribution in [0.5, 0.6) is 0 Å². The number of nitrogens with one attached hydrogen (secondary N) is 1. The van der Waals surface area contributed by atoms with E-state index in [0.29, 0.717) is 29.9 Å². The number of ether oxygens (including phenoxy) is 1. The van der Waals surface area contributed by atoms with Gasteiger partial charge in [-0.3, -0.25) is 4.79 Å². The van der Waals surface area contributed by atoms with Crippen LogP contribution in [0.1, 0.15) is 27.7 Å². The molecule has 0 heterocycles. The lowest BCUT2D eigenvalue weighted by Gasteiger charge is -2.06. The van der Waals surface area contributed by atoms with E-state index in [-0.39, 0.29) is 12.5 Å². The number of amides is 1. The summed E-state index contributed by atoms with van der Waals surface area (Å²) in [5, 5.41) is 2.91. The lowest BCUT2D eigenvalue weighted by molar-refractivity contribution is -0.125. The van der Waals surface area contributed by atoms with Gasteiger partial charge in [0.2, 0.25) is 5.91 Å². The average Bonchev–Trinajstić information content (AvgIpc) is 2.55. The summed E-state index contributed by atoms with van der Waals surface area (Å²) in [6, 6.07) is 0. The summed E-state index contributed by atoms with van der Waals surface area (Å²) in [7, 11) is 0. The summed E-state index contributed by atoms with van der Waals surface area (Å²) >= 11 is 0. The molecule has 4 nitrogen and oxygen atoms in total. The van der Waals surface area contributed by atoms with Crippen molar-refractivity contribution in [3.05, 3.63) is 0 Å². The zero-order valence-electron chi connectivity index (χ0n) is 10.8. The van der Waals surface area contributed by atoms with E-state index >= 15 is 0 Å². The maximum absolute atomic E-state index is 11.4. The number of hydrogen-bond acceptors (Lipinski definition) is 3.